The molecule has 2 aliphatic rings. The number of nitrogens with one attached hydrogen (secondary N) is 1. The number of nitrogens with zero attached hydrogens (tertiary/aromatic N) is 2. The number of ether oxygens (including phenoxy) is 2. The molecule has 1 aromatic heterocycles. The summed E-state index contributed by atoms with van der Waals surface area (Å²) in [6, 6.07) is 22.9. The first-order chi connectivity index (χ1) is 17.1. The fourth-order valence-corrected chi connectivity index (χ4v) is 4.90. The van der Waals surface area contributed by atoms with Gasteiger partial charge in [0.2, 0.25) is 5.91 Å². The molecule has 0 fully saturated rings. The van der Waals surface area contributed by atoms with Gasteiger partial charge in [-0.25, -0.2) is 5.01 Å². The summed E-state index contributed by atoms with van der Waals surface area (Å²) in [5, 5.41) is 7.08. The van der Waals surface area contributed by atoms with Gasteiger partial charge in [-0.15, -0.1) is 0 Å². The molecule has 7 heteroatoms. The lowest BCUT2D eigenvalue weighted by molar-refractivity contribution is -0.130. The van der Waals surface area contributed by atoms with Crippen molar-refractivity contribution < 1.29 is 14.3 Å². The molecule has 0 radical (unpaired) electrons. The summed E-state index contributed by atoms with van der Waals surface area (Å²) < 4.78 is 11.4. The van der Waals surface area contributed by atoms with E-state index >= 15 is 0 Å². The maximum atomic E-state index is 13.4. The molecule has 1 N–H and O–H groups in total. The van der Waals surface area contributed by atoms with E-state index < -0.39 is 0 Å². The number of benzene rings is 3. The van der Waals surface area contributed by atoms with E-state index in [2.05, 4.69) is 10.1 Å². The van der Waals surface area contributed by atoms with Crippen LogP contribution in [0.4, 0.5) is 0 Å². The average molecular weight is 466 g/mol. The SMILES string of the molecule is CC(=O)N1N=C(c2c(-c3ccccc3)c3ccccc3[nH]c2=O)C[C@H]1c1ccc2c(c1)OCCO2. The number of H-pyrrole nitrogens is 1. The quantitative estimate of drug-likeness (QED) is 0.477. The molecule has 0 aliphatic carbocycles. The van der Waals surface area contributed by atoms with E-state index in [1.807, 2.05) is 72.8 Å². The van der Waals surface area contributed by atoms with Gasteiger partial charge in [0, 0.05) is 29.8 Å². The number of aromatic amines is 1. The molecule has 3 aromatic carbocycles. The van der Waals surface area contributed by atoms with E-state index in [1.54, 1.807) is 0 Å². The molecular weight excluding hydrogens is 442 g/mol. The second kappa shape index (κ2) is 8.43. The number of rotatable bonds is 3. The molecule has 1 amide bonds. The molecule has 2 aliphatic heterocycles. The number of pyridine rings is 1. The predicted molar refractivity (Wildman–Crippen MR) is 134 cm³/mol. The van der Waals surface area contributed by atoms with Crippen LogP contribution in [0.5, 0.6) is 11.5 Å². The third-order valence-corrected chi connectivity index (χ3v) is 6.46. The van der Waals surface area contributed by atoms with Gasteiger partial charge in [-0.05, 0) is 29.3 Å². The fourth-order valence-electron chi connectivity index (χ4n) is 4.90. The Labute approximate surface area is 201 Å². The Balaban J connectivity index is 1.50. The number of hydrazone groups is 1. The lowest BCUT2D eigenvalue weighted by Gasteiger charge is -2.23. The topological polar surface area (TPSA) is 84.0 Å². The Kier molecular flexibility index (Phi) is 5.10. The van der Waals surface area contributed by atoms with E-state index in [0.29, 0.717) is 42.4 Å². The van der Waals surface area contributed by atoms with Crippen molar-refractivity contribution in [1.29, 1.82) is 0 Å². The monoisotopic (exact) mass is 465 g/mol. The molecule has 0 spiro atoms. The van der Waals surface area contributed by atoms with Crippen molar-refractivity contribution in [3.8, 4) is 22.6 Å². The van der Waals surface area contributed by atoms with Crippen LogP contribution in [0.15, 0.2) is 82.7 Å². The second-order valence-corrected chi connectivity index (χ2v) is 8.65. The number of amides is 1. The zero-order chi connectivity index (χ0) is 23.9. The number of carbonyl (C=O) groups is 1. The first-order valence-corrected chi connectivity index (χ1v) is 11.6. The standard InChI is InChI=1S/C28H23N3O4/c1-17(32)31-23(19-11-12-24-25(15-19)35-14-13-34-24)16-22(30-31)27-26(18-7-3-2-4-8-18)20-9-5-6-10-21(20)29-28(27)33/h2-12,15,23H,13-14,16H2,1H3,(H,29,33)/t23-/m0/s1. The van der Waals surface area contributed by atoms with Gasteiger partial charge < -0.3 is 14.5 Å². The first-order valence-electron chi connectivity index (χ1n) is 11.6. The molecule has 0 saturated heterocycles. The Bertz CT molecular complexity index is 1540. The third kappa shape index (κ3) is 3.65. The van der Waals surface area contributed by atoms with E-state index in [1.165, 1.54) is 11.9 Å². The summed E-state index contributed by atoms with van der Waals surface area (Å²) in [6.45, 7) is 2.47. The van der Waals surface area contributed by atoms with Crippen LogP contribution in [-0.2, 0) is 4.79 Å². The minimum absolute atomic E-state index is 0.196. The minimum Gasteiger partial charge on any atom is -0.486 e. The van der Waals surface area contributed by atoms with E-state index in [-0.39, 0.29) is 17.5 Å². The van der Waals surface area contributed by atoms with Gasteiger partial charge in [0.05, 0.1) is 17.3 Å². The molecule has 3 heterocycles. The summed E-state index contributed by atoms with van der Waals surface area (Å²) >= 11 is 0. The van der Waals surface area contributed by atoms with Gasteiger partial charge in [-0.1, -0.05) is 54.6 Å². The van der Waals surface area contributed by atoms with Crippen molar-refractivity contribution in [3.63, 3.8) is 0 Å². The predicted octanol–water partition coefficient (Wildman–Crippen LogP) is 4.66. The summed E-state index contributed by atoms with van der Waals surface area (Å²) in [7, 11) is 0. The zero-order valence-electron chi connectivity index (χ0n) is 19.2. The van der Waals surface area contributed by atoms with Crippen molar-refractivity contribution >= 4 is 22.5 Å². The van der Waals surface area contributed by atoms with Gasteiger partial charge in [0.15, 0.2) is 11.5 Å². The van der Waals surface area contributed by atoms with Crippen molar-refractivity contribution in [1.82, 2.24) is 9.99 Å². The molecule has 0 unspecified atom stereocenters. The Hall–Kier alpha value is -4.39. The zero-order valence-corrected chi connectivity index (χ0v) is 19.2. The van der Waals surface area contributed by atoms with E-state index in [0.717, 1.165) is 27.6 Å². The molecule has 1 atom stereocenters. The van der Waals surface area contributed by atoms with Crippen LogP contribution in [0.3, 0.4) is 0 Å². The highest BCUT2D eigenvalue weighted by Gasteiger charge is 2.34. The van der Waals surface area contributed by atoms with Crippen LogP contribution >= 0.6 is 0 Å². The molecule has 4 aromatic rings. The van der Waals surface area contributed by atoms with Crippen LogP contribution in [0.25, 0.3) is 22.0 Å². The molecule has 174 valence electrons. The number of hydrogen-bond donors (Lipinski definition) is 1. The molecular formula is C28H23N3O4. The highest BCUT2D eigenvalue weighted by Crippen LogP contribution is 2.40. The van der Waals surface area contributed by atoms with Gasteiger partial charge in [-0.3, -0.25) is 9.59 Å². The normalized spacial score (nSPS) is 16.9. The molecule has 0 bridgehead atoms. The highest BCUT2D eigenvalue weighted by molar-refractivity contribution is 6.12. The Morgan fingerprint density at radius 1 is 0.943 bits per heavy atom. The highest BCUT2D eigenvalue weighted by atomic mass is 16.6. The Morgan fingerprint density at radius 2 is 1.69 bits per heavy atom. The van der Waals surface area contributed by atoms with Gasteiger partial charge in [-0.2, -0.15) is 5.10 Å². The van der Waals surface area contributed by atoms with Crippen LogP contribution < -0.4 is 15.0 Å². The summed E-state index contributed by atoms with van der Waals surface area (Å²) in [4.78, 5) is 29.1. The summed E-state index contributed by atoms with van der Waals surface area (Å²) in [5.74, 6) is 1.14. The van der Waals surface area contributed by atoms with Crippen LogP contribution in [0, 0.1) is 0 Å². The number of hydrogen-bond acceptors (Lipinski definition) is 5. The maximum absolute atomic E-state index is 13.4. The summed E-state index contributed by atoms with van der Waals surface area (Å²) in [5.41, 5.74) is 4.20. The second-order valence-electron chi connectivity index (χ2n) is 8.65. The van der Waals surface area contributed by atoms with Gasteiger partial charge >= 0.3 is 0 Å². The number of para-hydroxylation sites is 1. The number of aromatic nitrogens is 1. The van der Waals surface area contributed by atoms with Gasteiger partial charge in [0.1, 0.15) is 13.2 Å². The largest absolute Gasteiger partial charge is 0.486 e. The van der Waals surface area contributed by atoms with Crippen LogP contribution in [0.2, 0.25) is 0 Å². The summed E-state index contributed by atoms with van der Waals surface area (Å²) in [6.07, 6.45) is 0.403. The van der Waals surface area contributed by atoms with Crippen molar-refractivity contribution in [2.24, 2.45) is 5.10 Å². The Morgan fingerprint density at radius 3 is 2.49 bits per heavy atom. The first kappa shape index (κ1) is 21.2. The van der Waals surface area contributed by atoms with Crippen molar-refractivity contribution in [2.75, 3.05) is 13.2 Å². The maximum Gasteiger partial charge on any atom is 0.258 e. The molecule has 35 heavy (non-hydrogen) atoms. The minimum atomic E-state index is -0.354. The number of fused-ring (bicyclic) bond motifs is 2. The molecule has 6 rings (SSSR count). The fraction of sp³-hybridized carbons (Fsp3) is 0.179. The average Bonchev–Trinajstić information content (AvgIpc) is 3.33. The van der Waals surface area contributed by atoms with E-state index in [4.69, 9.17) is 9.47 Å². The van der Waals surface area contributed by atoms with Crippen LogP contribution in [0.1, 0.15) is 30.5 Å². The van der Waals surface area contributed by atoms with Crippen molar-refractivity contribution in [3.05, 3.63) is 94.3 Å². The molecule has 0 saturated carbocycles. The van der Waals surface area contributed by atoms with Crippen molar-refractivity contribution in [2.45, 2.75) is 19.4 Å². The van der Waals surface area contributed by atoms with E-state index in [9.17, 15) is 9.59 Å². The smallest absolute Gasteiger partial charge is 0.258 e. The third-order valence-electron chi connectivity index (χ3n) is 6.46. The van der Waals surface area contributed by atoms with Crippen LogP contribution in [-0.4, -0.2) is 34.8 Å². The van der Waals surface area contributed by atoms with Gasteiger partial charge in [0.25, 0.3) is 5.56 Å². The number of carbonyl (C=O) groups excluding carboxylic acids is 1. The lowest BCUT2D eigenvalue weighted by atomic mass is 9.91. The lowest BCUT2D eigenvalue weighted by Crippen LogP contribution is -2.24. The molecule has 7 nitrogen and oxygen atoms in total.